The van der Waals surface area contributed by atoms with Gasteiger partial charge in [-0.05, 0) is 36.8 Å². The molecule has 14 heavy (non-hydrogen) atoms. The van der Waals surface area contributed by atoms with Crippen LogP contribution in [0.1, 0.15) is 12.8 Å². The molecule has 0 spiro atoms. The summed E-state index contributed by atoms with van der Waals surface area (Å²) in [4.78, 5) is 1.16. The van der Waals surface area contributed by atoms with Crippen molar-refractivity contribution in [1.82, 2.24) is 0 Å². The van der Waals surface area contributed by atoms with Gasteiger partial charge >= 0.3 is 0 Å². The standard InChI is InChI=1S/C11H14BrNS/c1-2-3-4-7-14-11-6-5-9(12)8-10(11)13/h2,5-6,8H,1,3-4,7,13H2. The summed E-state index contributed by atoms with van der Waals surface area (Å²) in [6, 6.07) is 6.01. The van der Waals surface area contributed by atoms with E-state index in [4.69, 9.17) is 5.73 Å². The Balaban J connectivity index is 2.46. The molecule has 1 aromatic carbocycles. The summed E-state index contributed by atoms with van der Waals surface area (Å²) >= 11 is 5.19. The Morgan fingerprint density at radius 3 is 2.93 bits per heavy atom. The predicted octanol–water partition coefficient (Wildman–Crippen LogP) is 4.09. The van der Waals surface area contributed by atoms with Crippen LogP contribution in [0.5, 0.6) is 0 Å². The summed E-state index contributed by atoms with van der Waals surface area (Å²) in [5.41, 5.74) is 6.72. The SMILES string of the molecule is C=CCCCSc1ccc(Br)cc1N. The first-order valence-electron chi connectivity index (χ1n) is 4.52. The predicted molar refractivity (Wildman–Crippen MR) is 68.7 cm³/mol. The molecule has 0 aromatic heterocycles. The maximum absolute atomic E-state index is 5.87. The van der Waals surface area contributed by atoms with E-state index in [2.05, 4.69) is 28.6 Å². The van der Waals surface area contributed by atoms with Crippen LogP contribution in [0.3, 0.4) is 0 Å². The maximum Gasteiger partial charge on any atom is 0.0463 e. The van der Waals surface area contributed by atoms with Gasteiger partial charge in [0.2, 0.25) is 0 Å². The van der Waals surface area contributed by atoms with Crippen LogP contribution in [0.2, 0.25) is 0 Å². The van der Waals surface area contributed by atoms with Crippen LogP contribution in [-0.4, -0.2) is 5.75 Å². The van der Waals surface area contributed by atoms with Gasteiger partial charge in [-0.2, -0.15) is 0 Å². The molecule has 1 nitrogen and oxygen atoms in total. The molecule has 3 heteroatoms. The van der Waals surface area contributed by atoms with E-state index in [9.17, 15) is 0 Å². The van der Waals surface area contributed by atoms with Gasteiger partial charge in [0.1, 0.15) is 0 Å². The normalized spacial score (nSPS) is 10.1. The molecule has 0 radical (unpaired) electrons. The summed E-state index contributed by atoms with van der Waals surface area (Å²) in [6.45, 7) is 3.69. The Bertz CT molecular complexity index is 312. The summed E-state index contributed by atoms with van der Waals surface area (Å²) in [5, 5.41) is 0. The minimum Gasteiger partial charge on any atom is -0.398 e. The first-order chi connectivity index (χ1) is 6.74. The highest BCUT2D eigenvalue weighted by molar-refractivity contribution is 9.10. The van der Waals surface area contributed by atoms with Gasteiger partial charge in [-0.15, -0.1) is 18.3 Å². The third kappa shape index (κ3) is 3.76. The largest absolute Gasteiger partial charge is 0.398 e. The van der Waals surface area contributed by atoms with E-state index in [0.717, 1.165) is 33.7 Å². The van der Waals surface area contributed by atoms with Gasteiger partial charge in [0.05, 0.1) is 0 Å². The monoisotopic (exact) mass is 271 g/mol. The molecule has 2 N–H and O–H groups in total. The van der Waals surface area contributed by atoms with Crippen molar-refractivity contribution in [3.8, 4) is 0 Å². The van der Waals surface area contributed by atoms with Gasteiger partial charge in [0.15, 0.2) is 0 Å². The molecule has 0 fully saturated rings. The number of allylic oxidation sites excluding steroid dienone is 1. The molecular weight excluding hydrogens is 258 g/mol. The number of unbranched alkanes of at least 4 members (excludes halogenated alkanes) is 1. The lowest BCUT2D eigenvalue weighted by atomic mass is 10.3. The molecule has 0 bridgehead atoms. The minimum atomic E-state index is 0.850. The number of hydrogen-bond acceptors (Lipinski definition) is 2. The number of anilines is 1. The summed E-state index contributed by atoms with van der Waals surface area (Å²) in [7, 11) is 0. The highest BCUT2D eigenvalue weighted by Gasteiger charge is 1.99. The number of nitrogens with two attached hydrogens (primary N) is 1. The highest BCUT2D eigenvalue weighted by Crippen LogP contribution is 2.28. The number of benzene rings is 1. The topological polar surface area (TPSA) is 26.0 Å². The fourth-order valence-electron chi connectivity index (χ4n) is 1.06. The highest BCUT2D eigenvalue weighted by atomic mass is 79.9. The van der Waals surface area contributed by atoms with Gasteiger partial charge < -0.3 is 5.73 Å². The van der Waals surface area contributed by atoms with Gasteiger partial charge in [-0.3, -0.25) is 0 Å². The lowest BCUT2D eigenvalue weighted by Crippen LogP contribution is -1.89. The van der Waals surface area contributed by atoms with Crippen molar-refractivity contribution in [1.29, 1.82) is 0 Å². The minimum absolute atomic E-state index is 0.850. The van der Waals surface area contributed by atoms with Crippen LogP contribution >= 0.6 is 27.7 Å². The molecule has 0 saturated carbocycles. The molecule has 0 aliphatic carbocycles. The molecule has 0 atom stereocenters. The molecule has 1 aromatic rings. The van der Waals surface area contributed by atoms with Crippen LogP contribution in [-0.2, 0) is 0 Å². The zero-order chi connectivity index (χ0) is 10.4. The molecule has 0 aliphatic rings. The molecule has 0 amide bonds. The molecular formula is C11H14BrNS. The van der Waals surface area contributed by atoms with E-state index in [-0.39, 0.29) is 0 Å². The first kappa shape index (κ1) is 11.7. The second kappa shape index (κ2) is 6.14. The average molecular weight is 272 g/mol. The third-order valence-corrected chi connectivity index (χ3v) is 3.45. The van der Waals surface area contributed by atoms with E-state index in [0.29, 0.717) is 0 Å². The van der Waals surface area contributed by atoms with Gasteiger partial charge in [0.25, 0.3) is 0 Å². The molecule has 0 heterocycles. The molecule has 0 unspecified atom stereocenters. The van der Waals surface area contributed by atoms with Crippen molar-refractivity contribution < 1.29 is 0 Å². The van der Waals surface area contributed by atoms with E-state index in [1.807, 2.05) is 18.2 Å². The number of halogens is 1. The van der Waals surface area contributed by atoms with Gasteiger partial charge in [-0.25, -0.2) is 0 Å². The van der Waals surface area contributed by atoms with Crippen molar-refractivity contribution in [3.63, 3.8) is 0 Å². The second-order valence-electron chi connectivity index (χ2n) is 2.96. The Kier molecular flexibility index (Phi) is 5.12. The zero-order valence-electron chi connectivity index (χ0n) is 8.00. The number of nitrogen functional groups attached to an aromatic ring is 1. The van der Waals surface area contributed by atoms with E-state index >= 15 is 0 Å². The van der Waals surface area contributed by atoms with E-state index < -0.39 is 0 Å². The lowest BCUT2D eigenvalue weighted by molar-refractivity contribution is 0.974. The molecule has 1 rings (SSSR count). The van der Waals surface area contributed by atoms with Crippen molar-refractivity contribution in [2.24, 2.45) is 0 Å². The Hall–Kier alpha value is -0.410. The lowest BCUT2D eigenvalue weighted by Gasteiger charge is -2.04. The summed E-state index contributed by atoms with van der Waals surface area (Å²) in [5.74, 6) is 1.10. The van der Waals surface area contributed by atoms with Crippen molar-refractivity contribution in [3.05, 3.63) is 35.3 Å². The van der Waals surface area contributed by atoms with Crippen molar-refractivity contribution in [2.75, 3.05) is 11.5 Å². The molecule has 76 valence electrons. The summed E-state index contributed by atoms with van der Waals surface area (Å²) in [6.07, 6.45) is 4.18. The van der Waals surface area contributed by atoms with Crippen LogP contribution < -0.4 is 5.73 Å². The van der Waals surface area contributed by atoms with Gasteiger partial charge in [0, 0.05) is 15.1 Å². The smallest absolute Gasteiger partial charge is 0.0463 e. The van der Waals surface area contributed by atoms with Crippen LogP contribution in [0, 0.1) is 0 Å². The van der Waals surface area contributed by atoms with Crippen LogP contribution in [0.25, 0.3) is 0 Å². The molecule has 0 saturated heterocycles. The maximum atomic E-state index is 5.87. The number of rotatable bonds is 5. The Labute approximate surface area is 97.9 Å². The number of hydrogen-bond donors (Lipinski definition) is 1. The third-order valence-electron chi connectivity index (χ3n) is 1.78. The van der Waals surface area contributed by atoms with Crippen molar-refractivity contribution in [2.45, 2.75) is 17.7 Å². The fraction of sp³-hybridized carbons (Fsp3) is 0.273. The second-order valence-corrected chi connectivity index (χ2v) is 5.01. The Morgan fingerprint density at radius 1 is 1.50 bits per heavy atom. The van der Waals surface area contributed by atoms with E-state index in [1.165, 1.54) is 0 Å². The Morgan fingerprint density at radius 2 is 2.29 bits per heavy atom. The van der Waals surface area contributed by atoms with Crippen LogP contribution in [0.15, 0.2) is 40.2 Å². The summed E-state index contributed by atoms with van der Waals surface area (Å²) < 4.78 is 1.03. The zero-order valence-corrected chi connectivity index (χ0v) is 10.4. The number of thioether (sulfide) groups is 1. The first-order valence-corrected chi connectivity index (χ1v) is 6.30. The quantitative estimate of drug-likeness (QED) is 0.378. The van der Waals surface area contributed by atoms with Crippen LogP contribution in [0.4, 0.5) is 5.69 Å². The van der Waals surface area contributed by atoms with Crippen molar-refractivity contribution >= 4 is 33.4 Å². The van der Waals surface area contributed by atoms with E-state index in [1.54, 1.807) is 11.8 Å². The fourth-order valence-corrected chi connectivity index (χ4v) is 2.36. The van der Waals surface area contributed by atoms with Gasteiger partial charge in [-0.1, -0.05) is 22.0 Å². The molecule has 0 aliphatic heterocycles. The average Bonchev–Trinajstić information content (AvgIpc) is 2.15.